The van der Waals surface area contributed by atoms with E-state index >= 15 is 0 Å². The van der Waals surface area contributed by atoms with E-state index in [1.807, 2.05) is 24.3 Å². The molecule has 2 rings (SSSR count). The van der Waals surface area contributed by atoms with Crippen molar-refractivity contribution in [3.05, 3.63) is 48.4 Å². The van der Waals surface area contributed by atoms with Crippen LogP contribution in [0.5, 0.6) is 0 Å². The lowest BCUT2D eigenvalue weighted by molar-refractivity contribution is 1.16. The highest BCUT2D eigenvalue weighted by molar-refractivity contribution is 5.59. The molecule has 0 aliphatic carbocycles. The molecule has 0 atom stereocenters. The van der Waals surface area contributed by atoms with E-state index in [9.17, 15) is 0 Å². The van der Waals surface area contributed by atoms with Crippen molar-refractivity contribution < 1.29 is 0 Å². The molecule has 3 nitrogen and oxygen atoms in total. The Bertz CT molecular complexity index is 412. The van der Waals surface area contributed by atoms with Crippen LogP contribution in [0.2, 0.25) is 0 Å². The zero-order chi connectivity index (χ0) is 9.80. The van der Waals surface area contributed by atoms with Crippen molar-refractivity contribution in [3.63, 3.8) is 0 Å². The van der Waals surface area contributed by atoms with Crippen LogP contribution in [0, 0.1) is 6.92 Å². The second-order valence-corrected chi connectivity index (χ2v) is 3.03. The number of aromatic nitrogens is 2. The zero-order valence-corrected chi connectivity index (χ0v) is 7.94. The molecule has 1 aromatic carbocycles. The van der Waals surface area contributed by atoms with Crippen molar-refractivity contribution in [2.24, 2.45) is 0 Å². The van der Waals surface area contributed by atoms with Gasteiger partial charge in [-0.25, -0.2) is 9.97 Å². The second-order valence-electron chi connectivity index (χ2n) is 3.03. The van der Waals surface area contributed by atoms with Crippen LogP contribution in [0.25, 0.3) is 0 Å². The van der Waals surface area contributed by atoms with E-state index < -0.39 is 0 Å². The molecule has 0 unspecified atom stereocenters. The van der Waals surface area contributed by atoms with Gasteiger partial charge in [-0.3, -0.25) is 0 Å². The van der Waals surface area contributed by atoms with Crippen LogP contribution in [0.4, 0.5) is 11.5 Å². The smallest absolute Gasteiger partial charge is 0.133 e. The average Bonchev–Trinajstić information content (AvgIpc) is 2.23. The van der Waals surface area contributed by atoms with E-state index in [1.54, 1.807) is 6.20 Å². The third-order valence-electron chi connectivity index (χ3n) is 1.99. The minimum Gasteiger partial charge on any atom is -0.340 e. The van der Waals surface area contributed by atoms with Crippen LogP contribution < -0.4 is 5.32 Å². The van der Waals surface area contributed by atoms with E-state index in [1.165, 1.54) is 11.9 Å². The van der Waals surface area contributed by atoms with Crippen molar-refractivity contribution in [2.75, 3.05) is 5.32 Å². The van der Waals surface area contributed by atoms with Crippen molar-refractivity contribution in [1.82, 2.24) is 9.97 Å². The fourth-order valence-electron chi connectivity index (χ4n) is 1.22. The molecule has 0 spiro atoms. The standard InChI is InChI=1S/C11H11N3/c1-9-4-2-3-5-10(9)14-11-6-7-12-8-13-11/h2-8H,1H3,(H,12,13,14). The maximum Gasteiger partial charge on any atom is 0.133 e. The third-order valence-corrected chi connectivity index (χ3v) is 1.99. The van der Waals surface area contributed by atoms with E-state index in [-0.39, 0.29) is 0 Å². The molecule has 0 saturated heterocycles. The fraction of sp³-hybridized carbons (Fsp3) is 0.0909. The van der Waals surface area contributed by atoms with Crippen LogP contribution in [0.1, 0.15) is 5.56 Å². The summed E-state index contributed by atoms with van der Waals surface area (Å²) in [6, 6.07) is 9.93. The Balaban J connectivity index is 2.24. The number of hydrogen-bond acceptors (Lipinski definition) is 3. The fourth-order valence-corrected chi connectivity index (χ4v) is 1.22. The largest absolute Gasteiger partial charge is 0.340 e. The molecule has 0 saturated carbocycles. The number of benzene rings is 1. The van der Waals surface area contributed by atoms with Crippen molar-refractivity contribution >= 4 is 11.5 Å². The van der Waals surface area contributed by atoms with Gasteiger partial charge >= 0.3 is 0 Å². The predicted octanol–water partition coefficient (Wildman–Crippen LogP) is 2.53. The van der Waals surface area contributed by atoms with Gasteiger partial charge in [0.25, 0.3) is 0 Å². The Morgan fingerprint density at radius 3 is 2.71 bits per heavy atom. The normalized spacial score (nSPS) is 9.79. The van der Waals surface area contributed by atoms with Gasteiger partial charge in [0, 0.05) is 11.9 Å². The van der Waals surface area contributed by atoms with Gasteiger partial charge in [0.05, 0.1) is 0 Å². The minimum absolute atomic E-state index is 0.814. The van der Waals surface area contributed by atoms with Crippen LogP contribution in [0.15, 0.2) is 42.9 Å². The van der Waals surface area contributed by atoms with E-state index in [0.29, 0.717) is 0 Å². The van der Waals surface area contributed by atoms with Gasteiger partial charge in [-0.1, -0.05) is 18.2 Å². The number of nitrogens with one attached hydrogen (secondary N) is 1. The number of hydrogen-bond donors (Lipinski definition) is 1. The molecule has 0 bridgehead atoms. The average molecular weight is 185 g/mol. The number of rotatable bonds is 2. The van der Waals surface area contributed by atoms with Gasteiger partial charge in [-0.2, -0.15) is 0 Å². The number of aryl methyl sites for hydroxylation is 1. The summed E-state index contributed by atoms with van der Waals surface area (Å²) in [7, 11) is 0. The Labute approximate surface area is 82.8 Å². The maximum absolute atomic E-state index is 4.09. The molecule has 1 N–H and O–H groups in total. The summed E-state index contributed by atoms with van der Waals surface area (Å²) >= 11 is 0. The summed E-state index contributed by atoms with van der Waals surface area (Å²) in [6.07, 6.45) is 3.24. The van der Waals surface area contributed by atoms with E-state index in [2.05, 4.69) is 28.3 Å². The SMILES string of the molecule is Cc1ccccc1Nc1ccncn1. The second kappa shape index (κ2) is 3.87. The topological polar surface area (TPSA) is 37.8 Å². The third kappa shape index (κ3) is 1.88. The molecule has 3 heteroatoms. The molecule has 1 heterocycles. The lowest BCUT2D eigenvalue weighted by Gasteiger charge is -2.07. The van der Waals surface area contributed by atoms with E-state index in [0.717, 1.165) is 11.5 Å². The zero-order valence-electron chi connectivity index (χ0n) is 7.94. The van der Waals surface area contributed by atoms with Crippen molar-refractivity contribution in [1.29, 1.82) is 0 Å². The highest BCUT2D eigenvalue weighted by atomic mass is 15.0. The summed E-state index contributed by atoms with van der Waals surface area (Å²) in [5, 5.41) is 3.22. The first-order valence-corrected chi connectivity index (χ1v) is 4.45. The maximum atomic E-state index is 4.09. The Hall–Kier alpha value is -1.90. The first-order chi connectivity index (χ1) is 6.86. The summed E-state index contributed by atoms with van der Waals surface area (Å²) in [5.41, 5.74) is 2.28. The lowest BCUT2D eigenvalue weighted by atomic mass is 10.2. The van der Waals surface area contributed by atoms with Crippen LogP contribution in [0.3, 0.4) is 0 Å². The number of para-hydroxylation sites is 1. The van der Waals surface area contributed by atoms with Gasteiger partial charge in [-0.05, 0) is 24.6 Å². The minimum atomic E-state index is 0.814. The highest BCUT2D eigenvalue weighted by Crippen LogP contribution is 2.17. The molecular formula is C11H11N3. The number of nitrogens with zero attached hydrogens (tertiary/aromatic N) is 2. The molecule has 0 fully saturated rings. The predicted molar refractivity (Wildman–Crippen MR) is 56.5 cm³/mol. The van der Waals surface area contributed by atoms with Crippen molar-refractivity contribution in [3.8, 4) is 0 Å². The monoisotopic (exact) mass is 185 g/mol. The summed E-state index contributed by atoms with van der Waals surface area (Å²) in [4.78, 5) is 7.95. The molecule has 1 aromatic heterocycles. The van der Waals surface area contributed by atoms with Crippen LogP contribution >= 0.6 is 0 Å². The summed E-state index contributed by atoms with van der Waals surface area (Å²) < 4.78 is 0. The molecule has 0 aliphatic rings. The van der Waals surface area contributed by atoms with Gasteiger partial charge < -0.3 is 5.32 Å². The van der Waals surface area contributed by atoms with Crippen LogP contribution in [-0.4, -0.2) is 9.97 Å². The Morgan fingerprint density at radius 2 is 2.00 bits per heavy atom. The first kappa shape index (κ1) is 8.69. The van der Waals surface area contributed by atoms with Gasteiger partial charge in [0.1, 0.15) is 12.1 Å². The summed E-state index contributed by atoms with van der Waals surface area (Å²) in [6.45, 7) is 2.06. The molecule has 14 heavy (non-hydrogen) atoms. The lowest BCUT2D eigenvalue weighted by Crippen LogP contribution is -1.94. The van der Waals surface area contributed by atoms with Crippen LogP contribution in [-0.2, 0) is 0 Å². The van der Waals surface area contributed by atoms with Gasteiger partial charge in [0.2, 0.25) is 0 Å². The van der Waals surface area contributed by atoms with Gasteiger partial charge in [-0.15, -0.1) is 0 Å². The number of anilines is 2. The molecule has 0 aliphatic heterocycles. The molecule has 70 valence electrons. The Morgan fingerprint density at radius 1 is 1.14 bits per heavy atom. The molecule has 0 radical (unpaired) electrons. The quantitative estimate of drug-likeness (QED) is 0.781. The first-order valence-electron chi connectivity index (χ1n) is 4.45. The molecule has 2 aromatic rings. The highest BCUT2D eigenvalue weighted by Gasteiger charge is 1.96. The summed E-state index contributed by atoms with van der Waals surface area (Å²) in [5.74, 6) is 0.814. The van der Waals surface area contributed by atoms with Gasteiger partial charge in [0.15, 0.2) is 0 Å². The molecule has 0 amide bonds. The Kier molecular flexibility index (Phi) is 2.40. The van der Waals surface area contributed by atoms with E-state index in [4.69, 9.17) is 0 Å². The molecular weight excluding hydrogens is 174 g/mol. The van der Waals surface area contributed by atoms with Crippen molar-refractivity contribution in [2.45, 2.75) is 6.92 Å².